The summed E-state index contributed by atoms with van der Waals surface area (Å²) < 4.78 is 0. The zero-order chi connectivity index (χ0) is 17.9. The molecule has 0 bridgehead atoms. The second kappa shape index (κ2) is 7.36. The van der Waals surface area contributed by atoms with Crippen LogP contribution in [0.25, 0.3) is 0 Å². The molecule has 0 spiro atoms. The van der Waals surface area contributed by atoms with Crippen LogP contribution in [0.4, 0.5) is 5.69 Å². The molecule has 2 aromatic carbocycles. The summed E-state index contributed by atoms with van der Waals surface area (Å²) in [5, 5.41) is 12.9. The molecule has 0 aliphatic heterocycles. The van der Waals surface area contributed by atoms with Gasteiger partial charge >= 0.3 is 0 Å². The van der Waals surface area contributed by atoms with Gasteiger partial charge in [-0.1, -0.05) is 29.8 Å². The van der Waals surface area contributed by atoms with Crippen LogP contribution in [0.1, 0.15) is 21.5 Å². The van der Waals surface area contributed by atoms with Crippen LogP contribution < -0.4 is 5.32 Å². The lowest BCUT2D eigenvalue weighted by Gasteiger charge is -2.18. The maximum absolute atomic E-state index is 12.4. The summed E-state index contributed by atoms with van der Waals surface area (Å²) in [5.41, 5.74) is 2.70. The number of halogens is 1. The first kappa shape index (κ1) is 17.8. The zero-order valence-electron chi connectivity index (χ0n) is 13.8. The molecule has 0 aromatic heterocycles. The van der Waals surface area contributed by atoms with Crippen LogP contribution in [0.3, 0.4) is 0 Å². The van der Waals surface area contributed by atoms with Crippen LogP contribution in [0.15, 0.2) is 36.4 Å². The molecular formula is C18H19ClN2O3. The number of likely N-dealkylation sites (N-methyl/N-ethyl adjacent to an activating group) is 1. The first-order valence-corrected chi connectivity index (χ1v) is 7.77. The van der Waals surface area contributed by atoms with Crippen molar-refractivity contribution in [3.8, 4) is 5.75 Å². The average molecular weight is 347 g/mol. The number of aryl methyl sites for hydroxylation is 2. The quantitative estimate of drug-likeness (QED) is 0.891. The van der Waals surface area contributed by atoms with Gasteiger partial charge in [-0.2, -0.15) is 0 Å². The molecule has 0 aliphatic rings. The summed E-state index contributed by atoms with van der Waals surface area (Å²) >= 11 is 5.85. The summed E-state index contributed by atoms with van der Waals surface area (Å²) in [6.45, 7) is 3.67. The van der Waals surface area contributed by atoms with Crippen LogP contribution in [0.5, 0.6) is 5.75 Å². The van der Waals surface area contributed by atoms with Gasteiger partial charge in [-0.05, 0) is 43.2 Å². The predicted molar refractivity (Wildman–Crippen MR) is 94.6 cm³/mol. The topological polar surface area (TPSA) is 69.6 Å². The highest BCUT2D eigenvalue weighted by Crippen LogP contribution is 2.23. The summed E-state index contributed by atoms with van der Waals surface area (Å²) in [6.07, 6.45) is 0. The molecule has 0 radical (unpaired) electrons. The van der Waals surface area contributed by atoms with Crippen LogP contribution in [0, 0.1) is 13.8 Å². The van der Waals surface area contributed by atoms with Crippen molar-refractivity contribution in [2.75, 3.05) is 18.9 Å². The van der Waals surface area contributed by atoms with E-state index in [4.69, 9.17) is 11.6 Å². The van der Waals surface area contributed by atoms with Crippen molar-refractivity contribution >= 4 is 29.1 Å². The van der Waals surface area contributed by atoms with Gasteiger partial charge in [0.2, 0.25) is 5.91 Å². The lowest BCUT2D eigenvalue weighted by molar-refractivity contribution is -0.116. The summed E-state index contributed by atoms with van der Waals surface area (Å²) in [5.74, 6) is -0.970. The monoisotopic (exact) mass is 346 g/mol. The number of hydrogen-bond donors (Lipinski definition) is 2. The van der Waals surface area contributed by atoms with Crippen molar-refractivity contribution in [2.24, 2.45) is 0 Å². The minimum atomic E-state index is -0.480. The van der Waals surface area contributed by atoms with E-state index in [2.05, 4.69) is 5.32 Å². The molecule has 0 fully saturated rings. The molecule has 6 heteroatoms. The molecule has 2 rings (SSSR count). The Morgan fingerprint density at radius 3 is 2.42 bits per heavy atom. The lowest BCUT2D eigenvalue weighted by Crippen LogP contribution is -2.35. The number of aromatic hydroxyl groups is 1. The van der Waals surface area contributed by atoms with Gasteiger partial charge < -0.3 is 15.3 Å². The Morgan fingerprint density at radius 1 is 1.17 bits per heavy atom. The van der Waals surface area contributed by atoms with E-state index < -0.39 is 5.91 Å². The molecule has 5 nitrogen and oxygen atoms in total. The highest BCUT2D eigenvalue weighted by Gasteiger charge is 2.19. The fourth-order valence-electron chi connectivity index (χ4n) is 2.36. The number of nitrogens with zero attached hydrogens (tertiary/aromatic N) is 1. The molecule has 0 saturated heterocycles. The maximum Gasteiger partial charge on any atom is 0.257 e. The van der Waals surface area contributed by atoms with E-state index >= 15 is 0 Å². The highest BCUT2D eigenvalue weighted by molar-refractivity contribution is 6.31. The van der Waals surface area contributed by atoms with E-state index in [-0.39, 0.29) is 23.8 Å². The van der Waals surface area contributed by atoms with Gasteiger partial charge in [0.25, 0.3) is 5.91 Å². The zero-order valence-corrected chi connectivity index (χ0v) is 14.5. The standard InChI is InChI=1S/C18H19ClN2O3/c1-11-5-4-6-12(2)17(11)20-16(23)10-21(3)18(24)14-9-13(19)7-8-15(14)22/h4-9,22H,10H2,1-3H3,(H,20,23). The number of amides is 2. The summed E-state index contributed by atoms with van der Waals surface area (Å²) in [4.78, 5) is 25.8. The van der Waals surface area contributed by atoms with Crippen molar-refractivity contribution in [1.82, 2.24) is 4.90 Å². The largest absolute Gasteiger partial charge is 0.507 e. The third kappa shape index (κ3) is 4.06. The number of rotatable bonds is 4. The van der Waals surface area contributed by atoms with E-state index in [1.54, 1.807) is 0 Å². The minimum absolute atomic E-state index is 0.0601. The van der Waals surface area contributed by atoms with Crippen LogP contribution in [0.2, 0.25) is 5.02 Å². The van der Waals surface area contributed by atoms with Gasteiger partial charge in [0.1, 0.15) is 5.75 Å². The number of nitrogens with one attached hydrogen (secondary N) is 1. The molecule has 24 heavy (non-hydrogen) atoms. The van der Waals surface area contributed by atoms with Gasteiger partial charge in [-0.15, -0.1) is 0 Å². The highest BCUT2D eigenvalue weighted by atomic mass is 35.5. The number of carbonyl (C=O) groups excluding carboxylic acids is 2. The predicted octanol–water partition coefficient (Wildman–Crippen LogP) is 3.37. The Hall–Kier alpha value is -2.53. The Labute approximate surface area is 145 Å². The molecule has 2 amide bonds. The van der Waals surface area contributed by atoms with Gasteiger partial charge in [-0.3, -0.25) is 9.59 Å². The van der Waals surface area contributed by atoms with Gasteiger partial charge in [0, 0.05) is 17.8 Å². The van der Waals surface area contributed by atoms with Gasteiger partial charge in [0.05, 0.1) is 12.1 Å². The number of anilines is 1. The van der Waals surface area contributed by atoms with Crippen molar-refractivity contribution in [2.45, 2.75) is 13.8 Å². The second-order valence-corrected chi connectivity index (χ2v) is 6.07. The lowest BCUT2D eigenvalue weighted by atomic mass is 10.1. The van der Waals surface area contributed by atoms with E-state index in [9.17, 15) is 14.7 Å². The fourth-order valence-corrected chi connectivity index (χ4v) is 2.54. The van der Waals surface area contributed by atoms with Gasteiger partial charge in [-0.25, -0.2) is 0 Å². The van der Waals surface area contributed by atoms with Crippen molar-refractivity contribution < 1.29 is 14.7 Å². The molecule has 2 aromatic rings. The number of hydrogen-bond acceptors (Lipinski definition) is 3. The smallest absolute Gasteiger partial charge is 0.257 e. The molecule has 2 N–H and O–H groups in total. The SMILES string of the molecule is Cc1cccc(C)c1NC(=O)CN(C)C(=O)c1cc(Cl)ccc1O. The Kier molecular flexibility index (Phi) is 5.46. The second-order valence-electron chi connectivity index (χ2n) is 5.64. The summed E-state index contributed by atoms with van der Waals surface area (Å²) in [6, 6.07) is 9.93. The molecule has 0 heterocycles. The number of benzene rings is 2. The third-order valence-electron chi connectivity index (χ3n) is 3.66. The van der Waals surface area contributed by atoms with Crippen molar-refractivity contribution in [3.63, 3.8) is 0 Å². The van der Waals surface area contributed by atoms with Gasteiger partial charge in [0.15, 0.2) is 0 Å². The molecular weight excluding hydrogens is 328 g/mol. The molecule has 0 aliphatic carbocycles. The van der Waals surface area contributed by atoms with Crippen LogP contribution in [-0.4, -0.2) is 35.4 Å². The Morgan fingerprint density at radius 2 is 1.79 bits per heavy atom. The van der Waals surface area contributed by atoms with Crippen molar-refractivity contribution in [1.29, 1.82) is 0 Å². The normalized spacial score (nSPS) is 10.3. The number of carbonyl (C=O) groups is 2. The van der Waals surface area contributed by atoms with E-state index in [0.717, 1.165) is 16.8 Å². The first-order valence-electron chi connectivity index (χ1n) is 7.39. The van der Waals surface area contributed by atoms with Crippen LogP contribution >= 0.6 is 11.6 Å². The van der Waals surface area contributed by atoms with Crippen molar-refractivity contribution in [3.05, 3.63) is 58.1 Å². The average Bonchev–Trinajstić information content (AvgIpc) is 2.52. The minimum Gasteiger partial charge on any atom is -0.507 e. The van der Waals surface area contributed by atoms with Crippen LogP contribution in [-0.2, 0) is 4.79 Å². The number of para-hydroxylation sites is 1. The molecule has 126 valence electrons. The third-order valence-corrected chi connectivity index (χ3v) is 3.90. The fraction of sp³-hybridized carbons (Fsp3) is 0.222. The Bertz CT molecular complexity index is 770. The summed E-state index contributed by atoms with van der Waals surface area (Å²) in [7, 11) is 1.49. The molecule has 0 atom stereocenters. The Balaban J connectivity index is 2.08. The van der Waals surface area contributed by atoms with E-state index in [1.807, 2.05) is 32.0 Å². The number of phenols is 1. The maximum atomic E-state index is 12.4. The van der Waals surface area contributed by atoms with E-state index in [1.165, 1.54) is 30.1 Å². The number of phenolic OH excluding ortho intramolecular Hbond substituents is 1. The van der Waals surface area contributed by atoms with E-state index in [0.29, 0.717) is 5.02 Å². The first-order chi connectivity index (χ1) is 11.3. The molecule has 0 saturated carbocycles. The molecule has 0 unspecified atom stereocenters.